The number of aromatic amines is 1. The SMILES string of the molecule is C=C(O)/C(=C\C)c1cc(N2CCc3[nH]ncc3C2)c(N)nn1. The Morgan fingerprint density at radius 3 is 3.05 bits per heavy atom. The number of nitrogens with two attached hydrogens (primary N) is 1. The predicted octanol–water partition coefficient (Wildman–Crippen LogP) is 1.82. The number of aliphatic hydroxyl groups excluding tert-OH is 1. The number of hydrogen-bond acceptors (Lipinski definition) is 6. The molecule has 0 atom stereocenters. The van der Waals surface area contributed by atoms with Gasteiger partial charge in [-0.25, -0.2) is 0 Å². The lowest BCUT2D eigenvalue weighted by Crippen LogP contribution is -2.31. The lowest BCUT2D eigenvalue weighted by atomic mass is 10.1. The standard InChI is InChI=1S/C15H18N6O/c1-3-11(9(2)22)13-6-14(15(16)20-19-13)21-5-4-12-10(8-21)7-17-18-12/h3,6-7,22H,2,4-5,8H2,1H3,(H2,16,20)(H,17,18)/b11-3+. The average molecular weight is 298 g/mol. The van der Waals surface area contributed by atoms with E-state index in [2.05, 4.69) is 31.9 Å². The Hall–Kier alpha value is -2.83. The molecule has 3 rings (SSSR count). The van der Waals surface area contributed by atoms with Crippen molar-refractivity contribution < 1.29 is 5.11 Å². The van der Waals surface area contributed by atoms with Gasteiger partial charge in [0.15, 0.2) is 5.82 Å². The summed E-state index contributed by atoms with van der Waals surface area (Å²) in [6, 6.07) is 1.84. The Kier molecular flexibility index (Phi) is 3.54. The van der Waals surface area contributed by atoms with Crippen LogP contribution in [0, 0.1) is 0 Å². The fourth-order valence-corrected chi connectivity index (χ4v) is 2.67. The van der Waals surface area contributed by atoms with Crippen molar-refractivity contribution in [3.63, 3.8) is 0 Å². The molecule has 0 saturated carbocycles. The average Bonchev–Trinajstić information content (AvgIpc) is 2.96. The van der Waals surface area contributed by atoms with E-state index in [1.165, 1.54) is 0 Å². The zero-order valence-corrected chi connectivity index (χ0v) is 12.4. The summed E-state index contributed by atoms with van der Waals surface area (Å²) in [7, 11) is 0. The van der Waals surface area contributed by atoms with Crippen molar-refractivity contribution >= 4 is 17.1 Å². The first-order valence-corrected chi connectivity index (χ1v) is 7.04. The Labute approximate surface area is 128 Å². The van der Waals surface area contributed by atoms with Crippen LogP contribution in [0.4, 0.5) is 11.5 Å². The van der Waals surface area contributed by atoms with Crippen molar-refractivity contribution in [3.05, 3.63) is 47.6 Å². The van der Waals surface area contributed by atoms with Crippen LogP contribution in [0.2, 0.25) is 0 Å². The highest BCUT2D eigenvalue weighted by molar-refractivity contribution is 5.77. The number of nitrogen functional groups attached to an aromatic ring is 1. The summed E-state index contributed by atoms with van der Waals surface area (Å²) >= 11 is 0. The third-order valence-corrected chi connectivity index (χ3v) is 3.82. The van der Waals surface area contributed by atoms with Gasteiger partial charge in [-0.1, -0.05) is 12.7 Å². The molecule has 7 heteroatoms. The van der Waals surface area contributed by atoms with Gasteiger partial charge < -0.3 is 15.7 Å². The Bertz CT molecular complexity index is 748. The second-order valence-electron chi connectivity index (χ2n) is 5.19. The summed E-state index contributed by atoms with van der Waals surface area (Å²) < 4.78 is 0. The van der Waals surface area contributed by atoms with E-state index in [0.29, 0.717) is 23.6 Å². The maximum Gasteiger partial charge on any atom is 0.169 e. The number of hydrogen-bond donors (Lipinski definition) is 3. The maximum absolute atomic E-state index is 9.65. The molecule has 0 unspecified atom stereocenters. The molecule has 0 amide bonds. The number of nitrogens with zero attached hydrogens (tertiary/aromatic N) is 4. The van der Waals surface area contributed by atoms with E-state index in [1.54, 1.807) is 6.08 Å². The minimum absolute atomic E-state index is 0.0386. The number of H-pyrrole nitrogens is 1. The lowest BCUT2D eigenvalue weighted by Gasteiger charge is -2.29. The van der Waals surface area contributed by atoms with Gasteiger partial charge >= 0.3 is 0 Å². The summed E-state index contributed by atoms with van der Waals surface area (Å²) in [4.78, 5) is 2.14. The van der Waals surface area contributed by atoms with Gasteiger partial charge in [0.2, 0.25) is 0 Å². The van der Waals surface area contributed by atoms with Crippen molar-refractivity contribution in [2.45, 2.75) is 19.9 Å². The zero-order chi connectivity index (χ0) is 15.7. The molecule has 0 fully saturated rings. The van der Waals surface area contributed by atoms with E-state index < -0.39 is 0 Å². The summed E-state index contributed by atoms with van der Waals surface area (Å²) in [5.41, 5.74) is 10.2. The molecular formula is C15H18N6O. The van der Waals surface area contributed by atoms with Crippen LogP contribution in [0.5, 0.6) is 0 Å². The van der Waals surface area contributed by atoms with Gasteiger partial charge in [0.05, 0.1) is 17.6 Å². The van der Waals surface area contributed by atoms with Crippen LogP contribution in [0.25, 0.3) is 5.57 Å². The van der Waals surface area contributed by atoms with E-state index in [4.69, 9.17) is 5.73 Å². The first kappa shape index (κ1) is 14.1. The highest BCUT2D eigenvalue weighted by Crippen LogP contribution is 2.29. The minimum atomic E-state index is -0.0386. The first-order valence-electron chi connectivity index (χ1n) is 7.04. The molecule has 0 aliphatic carbocycles. The molecule has 0 spiro atoms. The van der Waals surface area contributed by atoms with E-state index in [1.807, 2.05) is 19.2 Å². The number of allylic oxidation sites excluding steroid dienone is 2. The molecule has 1 aliphatic heterocycles. The largest absolute Gasteiger partial charge is 0.508 e. The lowest BCUT2D eigenvalue weighted by molar-refractivity contribution is 0.440. The molecule has 1 aliphatic rings. The van der Waals surface area contributed by atoms with Gasteiger partial charge in [-0.3, -0.25) is 5.10 Å². The van der Waals surface area contributed by atoms with Crippen LogP contribution < -0.4 is 10.6 Å². The van der Waals surface area contributed by atoms with Gasteiger partial charge in [-0.05, 0) is 13.0 Å². The normalized spacial score (nSPS) is 14.8. The third kappa shape index (κ3) is 2.41. The monoisotopic (exact) mass is 298 g/mol. The van der Waals surface area contributed by atoms with E-state index in [9.17, 15) is 5.11 Å². The maximum atomic E-state index is 9.65. The summed E-state index contributed by atoms with van der Waals surface area (Å²) in [6.07, 6.45) is 4.45. The number of aliphatic hydroxyl groups is 1. The number of rotatable bonds is 3. The Balaban J connectivity index is 1.96. The molecule has 2 aromatic rings. The van der Waals surface area contributed by atoms with Crippen molar-refractivity contribution in [2.24, 2.45) is 0 Å². The van der Waals surface area contributed by atoms with Crippen LogP contribution in [-0.2, 0) is 13.0 Å². The fraction of sp³-hybridized carbons (Fsp3) is 0.267. The van der Waals surface area contributed by atoms with Gasteiger partial charge in [-0.2, -0.15) is 5.10 Å². The molecule has 0 aromatic carbocycles. The molecule has 22 heavy (non-hydrogen) atoms. The molecule has 114 valence electrons. The summed E-state index contributed by atoms with van der Waals surface area (Å²) in [5.74, 6) is 0.331. The molecule has 2 aromatic heterocycles. The molecule has 3 heterocycles. The number of aromatic nitrogens is 4. The van der Waals surface area contributed by atoms with Gasteiger partial charge in [0.1, 0.15) is 5.76 Å². The van der Waals surface area contributed by atoms with E-state index in [-0.39, 0.29) is 5.76 Å². The number of anilines is 2. The van der Waals surface area contributed by atoms with Crippen molar-refractivity contribution in [3.8, 4) is 0 Å². The van der Waals surface area contributed by atoms with Crippen LogP contribution >= 0.6 is 0 Å². The van der Waals surface area contributed by atoms with Crippen molar-refractivity contribution in [1.29, 1.82) is 0 Å². The molecule has 0 saturated heterocycles. The topological polar surface area (TPSA) is 104 Å². The summed E-state index contributed by atoms with van der Waals surface area (Å²) in [5, 5.41) is 24.8. The van der Waals surface area contributed by atoms with Crippen LogP contribution in [0.1, 0.15) is 23.9 Å². The molecule has 7 nitrogen and oxygen atoms in total. The van der Waals surface area contributed by atoms with E-state index >= 15 is 0 Å². The third-order valence-electron chi connectivity index (χ3n) is 3.82. The van der Waals surface area contributed by atoms with Gasteiger partial charge in [-0.15, -0.1) is 10.2 Å². The molecule has 4 N–H and O–H groups in total. The molecule has 0 radical (unpaired) electrons. The van der Waals surface area contributed by atoms with Crippen LogP contribution in [-0.4, -0.2) is 32.0 Å². The second-order valence-corrected chi connectivity index (χ2v) is 5.19. The first-order chi connectivity index (χ1) is 10.6. The Morgan fingerprint density at radius 1 is 1.50 bits per heavy atom. The highest BCUT2D eigenvalue weighted by atomic mass is 16.3. The fourth-order valence-electron chi connectivity index (χ4n) is 2.67. The smallest absolute Gasteiger partial charge is 0.169 e. The Morgan fingerprint density at radius 2 is 2.32 bits per heavy atom. The van der Waals surface area contributed by atoms with Gasteiger partial charge in [0.25, 0.3) is 0 Å². The van der Waals surface area contributed by atoms with Crippen LogP contribution in [0.15, 0.2) is 30.7 Å². The minimum Gasteiger partial charge on any atom is -0.508 e. The van der Waals surface area contributed by atoms with Crippen LogP contribution in [0.3, 0.4) is 0 Å². The molecule has 0 bridgehead atoms. The quantitative estimate of drug-likeness (QED) is 0.590. The van der Waals surface area contributed by atoms with E-state index in [0.717, 1.165) is 29.9 Å². The number of nitrogens with one attached hydrogen (secondary N) is 1. The van der Waals surface area contributed by atoms with Gasteiger partial charge in [0, 0.05) is 36.3 Å². The zero-order valence-electron chi connectivity index (χ0n) is 12.4. The number of fused-ring (bicyclic) bond motifs is 1. The second kappa shape index (κ2) is 5.51. The molecular weight excluding hydrogens is 280 g/mol. The predicted molar refractivity (Wildman–Crippen MR) is 85.2 cm³/mol. The van der Waals surface area contributed by atoms with Crippen molar-refractivity contribution in [1.82, 2.24) is 20.4 Å². The summed E-state index contributed by atoms with van der Waals surface area (Å²) in [6.45, 7) is 6.89. The highest BCUT2D eigenvalue weighted by Gasteiger charge is 2.21. The van der Waals surface area contributed by atoms with Crippen molar-refractivity contribution in [2.75, 3.05) is 17.2 Å².